The Morgan fingerprint density at radius 1 is 0.875 bits per heavy atom. The smallest absolute Gasteiger partial charge is 0.326 e. The molecule has 0 aromatic carbocycles. The van der Waals surface area contributed by atoms with Gasteiger partial charge in [-0.3, -0.25) is 19.4 Å². The molecule has 3 amide bonds. The molecule has 0 saturated heterocycles. The molecule has 0 saturated carbocycles. The molecule has 184 valence electrons. The zero-order valence-corrected chi connectivity index (χ0v) is 18.8. The van der Waals surface area contributed by atoms with Gasteiger partial charge in [-0.05, 0) is 44.6 Å². The van der Waals surface area contributed by atoms with Crippen LogP contribution in [0, 0.1) is 5.92 Å². The molecule has 13 nitrogen and oxygen atoms in total. The number of guanidine groups is 1. The van der Waals surface area contributed by atoms with Gasteiger partial charge in [0.2, 0.25) is 17.7 Å². The van der Waals surface area contributed by atoms with Gasteiger partial charge in [-0.15, -0.1) is 0 Å². The highest BCUT2D eigenvalue weighted by atomic mass is 16.4. The maximum Gasteiger partial charge on any atom is 0.326 e. The van der Waals surface area contributed by atoms with Crippen LogP contribution in [0.1, 0.15) is 46.0 Å². The summed E-state index contributed by atoms with van der Waals surface area (Å²) in [4.78, 5) is 52.6. The summed E-state index contributed by atoms with van der Waals surface area (Å²) in [7, 11) is 0. The van der Waals surface area contributed by atoms with Gasteiger partial charge in [-0.1, -0.05) is 13.8 Å². The highest BCUT2D eigenvalue weighted by Gasteiger charge is 2.30. The number of aliphatic carboxylic acids is 1. The van der Waals surface area contributed by atoms with Crippen LogP contribution in [0.2, 0.25) is 0 Å². The van der Waals surface area contributed by atoms with Gasteiger partial charge in [0.05, 0.1) is 6.54 Å². The molecule has 0 aromatic rings. The Kier molecular flexibility index (Phi) is 14.4. The Balaban J connectivity index is 5.38. The Morgan fingerprint density at radius 3 is 1.97 bits per heavy atom. The molecule has 12 N–H and O–H groups in total. The summed E-state index contributed by atoms with van der Waals surface area (Å²) in [6.45, 7) is 3.80. The number of unbranched alkanes of at least 4 members (excludes halogenated alkanes) is 1. The van der Waals surface area contributed by atoms with Gasteiger partial charge < -0.3 is 44.0 Å². The highest BCUT2D eigenvalue weighted by Crippen LogP contribution is 2.07. The third kappa shape index (κ3) is 12.1. The van der Waals surface area contributed by atoms with E-state index >= 15 is 0 Å². The van der Waals surface area contributed by atoms with E-state index in [9.17, 15) is 24.3 Å². The van der Waals surface area contributed by atoms with E-state index in [0.717, 1.165) is 0 Å². The summed E-state index contributed by atoms with van der Waals surface area (Å²) in [5, 5.41) is 17.0. The lowest BCUT2D eigenvalue weighted by Gasteiger charge is -2.26. The zero-order chi connectivity index (χ0) is 24.7. The molecule has 0 spiro atoms. The van der Waals surface area contributed by atoms with Crippen LogP contribution in [0.5, 0.6) is 0 Å². The topological polar surface area (TPSA) is 241 Å². The first-order chi connectivity index (χ1) is 15.0. The largest absolute Gasteiger partial charge is 0.480 e. The van der Waals surface area contributed by atoms with Gasteiger partial charge in [0.25, 0.3) is 0 Å². The molecule has 0 fully saturated rings. The highest BCUT2D eigenvalue weighted by molar-refractivity contribution is 5.93. The number of carbonyl (C=O) groups excluding carboxylic acids is 3. The van der Waals surface area contributed by atoms with Crippen LogP contribution < -0.4 is 38.9 Å². The minimum atomic E-state index is -1.18. The summed E-state index contributed by atoms with van der Waals surface area (Å²) < 4.78 is 0. The van der Waals surface area contributed by atoms with Crippen molar-refractivity contribution in [2.75, 3.05) is 19.6 Å². The van der Waals surface area contributed by atoms with E-state index < -0.39 is 41.8 Å². The van der Waals surface area contributed by atoms with Gasteiger partial charge in [-0.2, -0.15) is 0 Å². The van der Waals surface area contributed by atoms with Crippen molar-refractivity contribution in [1.29, 1.82) is 0 Å². The fraction of sp³-hybridized carbons (Fsp3) is 0.737. The van der Waals surface area contributed by atoms with Crippen LogP contribution in [-0.2, 0) is 19.2 Å². The number of carbonyl (C=O) groups is 4. The lowest BCUT2D eigenvalue weighted by molar-refractivity contribution is -0.142. The van der Waals surface area contributed by atoms with Gasteiger partial charge in [0, 0.05) is 6.54 Å². The lowest BCUT2D eigenvalue weighted by Crippen LogP contribution is -2.57. The fourth-order valence-electron chi connectivity index (χ4n) is 2.82. The third-order valence-corrected chi connectivity index (χ3v) is 4.59. The summed E-state index contributed by atoms with van der Waals surface area (Å²) in [6, 6.07) is -3.09. The normalized spacial score (nSPS) is 13.5. The maximum absolute atomic E-state index is 12.8. The molecule has 3 atom stereocenters. The van der Waals surface area contributed by atoms with Crippen molar-refractivity contribution in [3.8, 4) is 0 Å². The van der Waals surface area contributed by atoms with Crippen LogP contribution in [0.25, 0.3) is 0 Å². The Hall–Kier alpha value is -2.93. The first-order valence-corrected chi connectivity index (χ1v) is 10.6. The lowest BCUT2D eigenvalue weighted by atomic mass is 10.0. The number of nitrogens with two attached hydrogens (primary N) is 4. The molecule has 0 aliphatic rings. The van der Waals surface area contributed by atoms with Crippen LogP contribution >= 0.6 is 0 Å². The molecule has 0 rings (SSSR count). The van der Waals surface area contributed by atoms with Crippen molar-refractivity contribution in [3.63, 3.8) is 0 Å². The van der Waals surface area contributed by atoms with Crippen LogP contribution in [0.3, 0.4) is 0 Å². The van der Waals surface area contributed by atoms with E-state index in [4.69, 9.17) is 22.9 Å². The van der Waals surface area contributed by atoms with E-state index in [-0.39, 0.29) is 37.8 Å². The monoisotopic (exact) mass is 458 g/mol. The van der Waals surface area contributed by atoms with Crippen LogP contribution in [-0.4, -0.2) is 72.5 Å². The number of carboxylic acid groups (broad SMARTS) is 1. The molecule has 0 aliphatic heterocycles. The number of rotatable bonds is 16. The number of hydrogen-bond donors (Lipinski definition) is 8. The zero-order valence-electron chi connectivity index (χ0n) is 18.8. The quantitative estimate of drug-likeness (QED) is 0.0681. The van der Waals surface area contributed by atoms with E-state index in [1.165, 1.54) is 0 Å². The minimum Gasteiger partial charge on any atom is -0.480 e. The minimum absolute atomic E-state index is 0.106. The van der Waals surface area contributed by atoms with Crippen molar-refractivity contribution in [2.45, 2.75) is 64.1 Å². The van der Waals surface area contributed by atoms with E-state index in [0.29, 0.717) is 25.8 Å². The number of aliphatic imine (C=N–C) groups is 1. The second-order valence-corrected chi connectivity index (χ2v) is 7.69. The van der Waals surface area contributed by atoms with Crippen molar-refractivity contribution in [1.82, 2.24) is 16.0 Å². The van der Waals surface area contributed by atoms with Crippen molar-refractivity contribution in [3.05, 3.63) is 0 Å². The van der Waals surface area contributed by atoms with Gasteiger partial charge >= 0.3 is 5.97 Å². The standard InChI is InChI=1S/C19H38N8O5/c1-11(2)15(27-14(28)10-21)17(30)25-12(7-5-9-24-19(22)23)16(29)26-13(18(31)32)6-3-4-8-20/h11-13,15H,3-10,20-21H2,1-2H3,(H,25,30)(H,26,29)(H,27,28)(H,31,32)(H4,22,23,24). The first-order valence-electron chi connectivity index (χ1n) is 10.6. The number of hydrogen-bond acceptors (Lipinski definition) is 7. The molecule has 0 bridgehead atoms. The Morgan fingerprint density at radius 2 is 1.47 bits per heavy atom. The molecule has 3 unspecified atom stereocenters. The van der Waals surface area contributed by atoms with E-state index in [1.807, 2.05) is 0 Å². The second-order valence-electron chi connectivity index (χ2n) is 7.69. The molecular formula is C19H38N8O5. The first kappa shape index (κ1) is 29.1. The van der Waals surface area contributed by atoms with Crippen molar-refractivity contribution < 1.29 is 24.3 Å². The number of nitrogens with one attached hydrogen (secondary N) is 3. The summed E-state index contributed by atoms with van der Waals surface area (Å²) in [6.07, 6.45) is 1.85. The van der Waals surface area contributed by atoms with Crippen LogP contribution in [0.15, 0.2) is 4.99 Å². The molecule has 32 heavy (non-hydrogen) atoms. The molecule has 0 aliphatic carbocycles. The Labute approximate surface area is 188 Å². The summed E-state index contributed by atoms with van der Waals surface area (Å²) in [5.74, 6) is -3.33. The Bertz CT molecular complexity index is 652. The average molecular weight is 459 g/mol. The van der Waals surface area contributed by atoms with E-state index in [2.05, 4.69) is 20.9 Å². The van der Waals surface area contributed by atoms with Gasteiger partial charge in [0.15, 0.2) is 5.96 Å². The SMILES string of the molecule is CC(C)C(NC(=O)CN)C(=O)NC(CCCN=C(N)N)C(=O)NC(CCCCN)C(=O)O. The van der Waals surface area contributed by atoms with Crippen molar-refractivity contribution in [2.24, 2.45) is 33.8 Å². The summed E-state index contributed by atoms with van der Waals surface area (Å²) >= 11 is 0. The predicted molar refractivity (Wildman–Crippen MR) is 120 cm³/mol. The number of carboxylic acids is 1. The third-order valence-electron chi connectivity index (χ3n) is 4.59. The molecule has 13 heteroatoms. The maximum atomic E-state index is 12.8. The molecule has 0 aromatic heterocycles. The van der Waals surface area contributed by atoms with Gasteiger partial charge in [-0.25, -0.2) is 4.79 Å². The van der Waals surface area contributed by atoms with E-state index in [1.54, 1.807) is 13.8 Å². The number of nitrogens with zero attached hydrogens (tertiary/aromatic N) is 1. The van der Waals surface area contributed by atoms with Crippen molar-refractivity contribution >= 4 is 29.7 Å². The fourth-order valence-corrected chi connectivity index (χ4v) is 2.82. The van der Waals surface area contributed by atoms with Gasteiger partial charge in [0.1, 0.15) is 18.1 Å². The number of amides is 3. The molecule has 0 heterocycles. The van der Waals surface area contributed by atoms with Crippen LogP contribution in [0.4, 0.5) is 0 Å². The summed E-state index contributed by atoms with van der Waals surface area (Å²) in [5.41, 5.74) is 21.3. The average Bonchev–Trinajstić information content (AvgIpc) is 2.72. The molecule has 0 radical (unpaired) electrons. The molecular weight excluding hydrogens is 420 g/mol. The predicted octanol–water partition coefficient (Wildman–Crippen LogP) is -2.68. The second kappa shape index (κ2) is 15.8.